The van der Waals surface area contributed by atoms with Crippen molar-refractivity contribution in [1.82, 2.24) is 9.38 Å². The van der Waals surface area contributed by atoms with Crippen molar-refractivity contribution in [2.24, 2.45) is 5.73 Å². The summed E-state index contributed by atoms with van der Waals surface area (Å²) in [6, 6.07) is 6.45. The monoisotopic (exact) mass is 342 g/mol. The van der Waals surface area contributed by atoms with E-state index >= 15 is 0 Å². The number of nitrogens with zero attached hydrogens (tertiary/aromatic N) is 3. The van der Waals surface area contributed by atoms with Crippen molar-refractivity contribution < 1.29 is 13.2 Å². The first kappa shape index (κ1) is 15.7. The van der Waals surface area contributed by atoms with E-state index < -0.39 is 29.4 Å². The van der Waals surface area contributed by atoms with Crippen molar-refractivity contribution in [3.63, 3.8) is 0 Å². The molecule has 0 spiro atoms. The molecule has 2 N–H and O–H groups in total. The standard InChI is InChI=1S/C18H13F3N4/c19-12-6-14(21)13(20)4-10(12)11-5-16-17(7-15(11)23)25-3-1-2-9(8-22)18(25)24-16/h1-4,6,11,15H,5,7,23H2/t11-,15+/m1/s1. The molecular weight excluding hydrogens is 329 g/mol. The van der Waals surface area contributed by atoms with E-state index in [1.54, 1.807) is 18.3 Å². The Labute approximate surface area is 141 Å². The first-order valence-electron chi connectivity index (χ1n) is 7.78. The lowest BCUT2D eigenvalue weighted by Gasteiger charge is -2.29. The Kier molecular flexibility index (Phi) is 3.51. The summed E-state index contributed by atoms with van der Waals surface area (Å²) in [4.78, 5) is 4.50. The zero-order chi connectivity index (χ0) is 17.7. The molecule has 0 radical (unpaired) electrons. The Morgan fingerprint density at radius 2 is 1.92 bits per heavy atom. The molecule has 4 nitrogen and oxygen atoms in total. The number of nitriles is 1. The average Bonchev–Trinajstić information content (AvgIpc) is 2.95. The van der Waals surface area contributed by atoms with Crippen molar-refractivity contribution in [3.8, 4) is 6.07 Å². The van der Waals surface area contributed by atoms with Crippen molar-refractivity contribution in [1.29, 1.82) is 5.26 Å². The van der Waals surface area contributed by atoms with Crippen molar-refractivity contribution in [2.75, 3.05) is 0 Å². The molecule has 126 valence electrons. The number of hydrogen-bond acceptors (Lipinski definition) is 3. The van der Waals surface area contributed by atoms with E-state index in [2.05, 4.69) is 11.1 Å². The minimum Gasteiger partial charge on any atom is -0.327 e. The molecule has 0 amide bonds. The highest BCUT2D eigenvalue weighted by atomic mass is 19.2. The largest absolute Gasteiger partial charge is 0.327 e. The molecule has 25 heavy (non-hydrogen) atoms. The van der Waals surface area contributed by atoms with Crippen LogP contribution in [0.2, 0.25) is 0 Å². The number of pyridine rings is 1. The number of hydrogen-bond donors (Lipinski definition) is 1. The van der Waals surface area contributed by atoms with Gasteiger partial charge in [-0.3, -0.25) is 0 Å². The van der Waals surface area contributed by atoms with Crippen LogP contribution in [0.15, 0.2) is 30.5 Å². The molecule has 0 unspecified atom stereocenters. The summed E-state index contributed by atoms with van der Waals surface area (Å²) >= 11 is 0. The van der Waals surface area contributed by atoms with E-state index in [9.17, 15) is 18.4 Å². The Morgan fingerprint density at radius 3 is 2.68 bits per heavy atom. The maximum Gasteiger partial charge on any atom is 0.161 e. The maximum absolute atomic E-state index is 14.2. The molecule has 1 aliphatic rings. The number of nitrogens with two attached hydrogens (primary N) is 1. The Morgan fingerprint density at radius 1 is 1.16 bits per heavy atom. The van der Waals surface area contributed by atoms with Gasteiger partial charge in [-0.25, -0.2) is 18.2 Å². The van der Waals surface area contributed by atoms with Crippen LogP contribution >= 0.6 is 0 Å². The zero-order valence-corrected chi connectivity index (χ0v) is 13.0. The van der Waals surface area contributed by atoms with Crippen LogP contribution in [0.1, 0.15) is 28.4 Å². The second kappa shape index (κ2) is 5.60. The molecule has 0 saturated heterocycles. The maximum atomic E-state index is 14.2. The SMILES string of the molecule is N#Cc1cccn2c3c(nc12)C[C@H](c1cc(F)c(F)cc1F)[C@@H](N)C3. The fourth-order valence-electron chi connectivity index (χ4n) is 3.52. The van der Waals surface area contributed by atoms with Gasteiger partial charge in [0.25, 0.3) is 0 Å². The van der Waals surface area contributed by atoms with Gasteiger partial charge in [0.05, 0.1) is 11.3 Å². The zero-order valence-electron chi connectivity index (χ0n) is 13.0. The number of aromatic nitrogens is 2. The van der Waals surface area contributed by atoms with Crippen molar-refractivity contribution in [3.05, 3.63) is 70.4 Å². The fraction of sp³-hybridized carbons (Fsp3) is 0.222. The number of imidazole rings is 1. The van der Waals surface area contributed by atoms with Crippen LogP contribution in [0.3, 0.4) is 0 Å². The minimum absolute atomic E-state index is 0.0506. The van der Waals surface area contributed by atoms with Crippen molar-refractivity contribution >= 4 is 5.65 Å². The van der Waals surface area contributed by atoms with Gasteiger partial charge in [0.1, 0.15) is 11.9 Å². The molecule has 1 aliphatic carbocycles. The Balaban J connectivity index is 1.82. The smallest absolute Gasteiger partial charge is 0.161 e. The number of fused-ring (bicyclic) bond motifs is 3. The number of halogens is 3. The Hall–Kier alpha value is -2.85. The van der Waals surface area contributed by atoms with E-state index in [1.165, 1.54) is 0 Å². The number of benzene rings is 1. The topological polar surface area (TPSA) is 67.1 Å². The fourth-order valence-corrected chi connectivity index (χ4v) is 3.52. The molecule has 7 heteroatoms. The molecule has 2 atom stereocenters. The lowest BCUT2D eigenvalue weighted by atomic mass is 9.80. The van der Waals surface area contributed by atoms with E-state index in [0.29, 0.717) is 35.8 Å². The minimum atomic E-state index is -1.22. The third-order valence-corrected chi connectivity index (χ3v) is 4.75. The Bertz CT molecular complexity index is 1030. The highest BCUT2D eigenvalue weighted by Crippen LogP contribution is 2.34. The van der Waals surface area contributed by atoms with E-state index in [-0.39, 0.29) is 5.56 Å². The molecule has 0 bridgehead atoms. The third kappa shape index (κ3) is 2.37. The van der Waals surface area contributed by atoms with Crippen LogP contribution in [0, 0.1) is 28.8 Å². The summed E-state index contributed by atoms with van der Waals surface area (Å²) in [7, 11) is 0. The van der Waals surface area contributed by atoms with Crippen LogP contribution in [0.25, 0.3) is 5.65 Å². The molecular formula is C18H13F3N4. The summed E-state index contributed by atoms with van der Waals surface area (Å²) in [6.45, 7) is 0. The molecule has 2 heterocycles. The van der Waals surface area contributed by atoms with Crippen LogP contribution < -0.4 is 5.73 Å². The molecule has 3 aromatic rings. The molecule has 1 aromatic carbocycles. The van der Waals surface area contributed by atoms with E-state index in [1.807, 2.05) is 4.40 Å². The first-order valence-corrected chi connectivity index (χ1v) is 7.78. The van der Waals surface area contributed by atoms with Gasteiger partial charge in [-0.05, 0) is 30.2 Å². The van der Waals surface area contributed by atoms with Gasteiger partial charge in [0, 0.05) is 36.3 Å². The quantitative estimate of drug-likeness (QED) is 0.692. The van der Waals surface area contributed by atoms with Crippen LogP contribution in [-0.2, 0) is 12.8 Å². The van der Waals surface area contributed by atoms with Crippen molar-refractivity contribution in [2.45, 2.75) is 24.8 Å². The van der Waals surface area contributed by atoms with Gasteiger partial charge in [-0.15, -0.1) is 0 Å². The first-order chi connectivity index (χ1) is 12.0. The highest BCUT2D eigenvalue weighted by molar-refractivity contribution is 5.57. The average molecular weight is 342 g/mol. The second-order valence-electron chi connectivity index (χ2n) is 6.20. The predicted octanol–water partition coefficient (Wildman–Crippen LogP) is 2.83. The van der Waals surface area contributed by atoms with Crippen LogP contribution in [0.4, 0.5) is 13.2 Å². The van der Waals surface area contributed by atoms with Gasteiger partial charge in [0.15, 0.2) is 17.3 Å². The summed E-state index contributed by atoms with van der Waals surface area (Å²) in [5, 5.41) is 9.22. The van der Waals surface area contributed by atoms with Gasteiger partial charge < -0.3 is 10.1 Å². The lowest BCUT2D eigenvalue weighted by molar-refractivity contribution is 0.446. The normalized spacial score (nSPS) is 19.6. The molecule has 0 aliphatic heterocycles. The summed E-state index contributed by atoms with van der Waals surface area (Å²) < 4.78 is 42.7. The molecule has 4 rings (SSSR count). The van der Waals surface area contributed by atoms with Gasteiger partial charge in [-0.1, -0.05) is 0 Å². The van der Waals surface area contributed by atoms with E-state index in [0.717, 1.165) is 11.8 Å². The van der Waals surface area contributed by atoms with Gasteiger partial charge in [0.2, 0.25) is 0 Å². The van der Waals surface area contributed by atoms with Crippen LogP contribution in [-0.4, -0.2) is 15.4 Å². The van der Waals surface area contributed by atoms with Gasteiger partial charge >= 0.3 is 0 Å². The number of rotatable bonds is 1. The lowest BCUT2D eigenvalue weighted by Crippen LogP contribution is -2.37. The highest BCUT2D eigenvalue weighted by Gasteiger charge is 2.33. The molecule has 2 aromatic heterocycles. The molecule has 0 fully saturated rings. The van der Waals surface area contributed by atoms with Crippen LogP contribution in [0.5, 0.6) is 0 Å². The third-order valence-electron chi connectivity index (χ3n) is 4.75. The predicted molar refractivity (Wildman–Crippen MR) is 84.3 cm³/mol. The van der Waals surface area contributed by atoms with E-state index in [4.69, 9.17) is 5.73 Å². The molecule has 0 saturated carbocycles. The summed E-state index contributed by atoms with van der Waals surface area (Å²) in [5.41, 5.74) is 8.77. The summed E-state index contributed by atoms with van der Waals surface area (Å²) in [6.07, 6.45) is 2.49. The summed E-state index contributed by atoms with van der Waals surface area (Å²) in [5.74, 6) is -3.66. The van der Waals surface area contributed by atoms with Gasteiger partial charge in [-0.2, -0.15) is 5.26 Å². The second-order valence-corrected chi connectivity index (χ2v) is 6.20.